The number of benzene rings is 1. The van der Waals surface area contributed by atoms with Crippen molar-refractivity contribution in [2.45, 2.75) is 6.18 Å². The van der Waals surface area contributed by atoms with Gasteiger partial charge in [-0.3, -0.25) is 0 Å². The maximum Gasteiger partial charge on any atom is 0.417 e. The van der Waals surface area contributed by atoms with Crippen LogP contribution in [-0.2, 0) is 11.0 Å². The zero-order chi connectivity index (χ0) is 12.5. The van der Waals surface area contributed by atoms with E-state index in [4.69, 9.17) is 16.7 Å². The Hall–Kier alpha value is -1.49. The molecule has 0 radical (unpaired) electrons. The minimum atomic E-state index is -4.67. The molecule has 86 valence electrons. The third-order valence-corrected chi connectivity index (χ3v) is 2.19. The van der Waals surface area contributed by atoms with E-state index in [1.54, 1.807) is 0 Å². The molecule has 0 spiro atoms. The Bertz CT molecular complexity index is 452. The summed E-state index contributed by atoms with van der Waals surface area (Å²) in [5, 5.41) is 8.33. The van der Waals surface area contributed by atoms with Gasteiger partial charge in [0.25, 0.3) is 0 Å². The van der Waals surface area contributed by atoms with Crippen LogP contribution in [0.5, 0.6) is 0 Å². The van der Waals surface area contributed by atoms with Crippen molar-refractivity contribution >= 4 is 23.1 Å². The first kappa shape index (κ1) is 12.6. The average Bonchev–Trinajstić information content (AvgIpc) is 2.14. The fourth-order valence-electron chi connectivity index (χ4n) is 1.17. The summed E-state index contributed by atoms with van der Waals surface area (Å²) in [5.74, 6) is -1.54. The Balaban J connectivity index is 3.47. The Morgan fingerprint density at radius 3 is 2.38 bits per heavy atom. The van der Waals surface area contributed by atoms with Gasteiger partial charge in [0.05, 0.1) is 11.1 Å². The van der Waals surface area contributed by atoms with E-state index in [-0.39, 0.29) is 5.02 Å². The predicted molar refractivity (Wildman–Crippen MR) is 53.1 cm³/mol. The lowest BCUT2D eigenvalue weighted by molar-refractivity contribution is -0.137. The van der Waals surface area contributed by atoms with Crippen molar-refractivity contribution in [1.82, 2.24) is 0 Å². The number of hydrogen-bond acceptors (Lipinski definition) is 1. The molecular formula is C10H6ClF3O2. The van der Waals surface area contributed by atoms with Gasteiger partial charge in [0.2, 0.25) is 0 Å². The van der Waals surface area contributed by atoms with Crippen LogP contribution in [0.4, 0.5) is 13.2 Å². The van der Waals surface area contributed by atoms with E-state index < -0.39 is 28.8 Å². The Morgan fingerprint density at radius 2 is 1.94 bits per heavy atom. The van der Waals surface area contributed by atoms with Crippen LogP contribution >= 0.6 is 11.6 Å². The Morgan fingerprint density at radius 1 is 1.38 bits per heavy atom. The van der Waals surface area contributed by atoms with Gasteiger partial charge < -0.3 is 5.11 Å². The second-order valence-corrected chi connectivity index (χ2v) is 3.35. The van der Waals surface area contributed by atoms with E-state index in [0.29, 0.717) is 0 Å². The van der Waals surface area contributed by atoms with E-state index >= 15 is 0 Å². The maximum atomic E-state index is 12.6. The number of halogens is 4. The molecule has 0 bridgehead atoms. The molecule has 6 heteroatoms. The second kappa shape index (κ2) is 4.17. The number of carbonyl (C=O) groups is 1. The lowest BCUT2D eigenvalue weighted by atomic mass is 10.0. The summed E-state index contributed by atoms with van der Waals surface area (Å²) < 4.78 is 37.7. The van der Waals surface area contributed by atoms with Crippen molar-refractivity contribution in [3.8, 4) is 0 Å². The van der Waals surface area contributed by atoms with Crippen LogP contribution in [0.1, 0.15) is 11.1 Å². The van der Waals surface area contributed by atoms with Gasteiger partial charge in [-0.15, -0.1) is 0 Å². The summed E-state index contributed by atoms with van der Waals surface area (Å²) in [4.78, 5) is 10.6. The van der Waals surface area contributed by atoms with Gasteiger partial charge in [-0.05, 0) is 12.1 Å². The molecule has 0 aliphatic rings. The van der Waals surface area contributed by atoms with Gasteiger partial charge in [-0.2, -0.15) is 13.2 Å². The number of alkyl halides is 3. The maximum absolute atomic E-state index is 12.6. The minimum absolute atomic E-state index is 0.290. The first-order chi connectivity index (χ1) is 7.25. The molecule has 0 aliphatic carbocycles. The molecule has 0 atom stereocenters. The molecule has 0 fully saturated rings. The molecule has 1 rings (SSSR count). The van der Waals surface area contributed by atoms with Crippen LogP contribution in [0.2, 0.25) is 5.02 Å². The van der Waals surface area contributed by atoms with Gasteiger partial charge in [-0.1, -0.05) is 24.2 Å². The zero-order valence-electron chi connectivity index (χ0n) is 7.81. The normalized spacial score (nSPS) is 11.2. The van der Waals surface area contributed by atoms with Crippen molar-refractivity contribution in [3.63, 3.8) is 0 Å². The highest BCUT2D eigenvalue weighted by atomic mass is 35.5. The molecule has 2 nitrogen and oxygen atoms in total. The van der Waals surface area contributed by atoms with Crippen LogP contribution in [0.25, 0.3) is 5.57 Å². The molecular weight excluding hydrogens is 245 g/mol. The molecule has 0 heterocycles. The van der Waals surface area contributed by atoms with Crippen molar-refractivity contribution < 1.29 is 23.1 Å². The quantitative estimate of drug-likeness (QED) is 0.816. The smallest absolute Gasteiger partial charge is 0.417 e. The number of aliphatic carboxylic acids is 1. The lowest BCUT2D eigenvalue weighted by Crippen LogP contribution is -2.11. The summed E-state index contributed by atoms with van der Waals surface area (Å²) in [6.07, 6.45) is -4.67. The largest absolute Gasteiger partial charge is 0.478 e. The van der Waals surface area contributed by atoms with Crippen LogP contribution in [-0.4, -0.2) is 11.1 Å². The first-order valence-corrected chi connectivity index (χ1v) is 4.41. The fourth-order valence-corrected chi connectivity index (χ4v) is 1.46. The Kier molecular flexibility index (Phi) is 3.28. The lowest BCUT2D eigenvalue weighted by Gasteiger charge is -2.13. The van der Waals surface area contributed by atoms with Crippen molar-refractivity contribution in [3.05, 3.63) is 40.9 Å². The Labute approximate surface area is 94.0 Å². The van der Waals surface area contributed by atoms with Crippen LogP contribution in [0.3, 0.4) is 0 Å². The molecule has 0 aliphatic heterocycles. The molecule has 1 aromatic carbocycles. The molecule has 0 saturated heterocycles. The predicted octanol–water partition coefficient (Wildman–Crippen LogP) is 3.46. The second-order valence-electron chi connectivity index (χ2n) is 2.94. The van der Waals surface area contributed by atoms with E-state index in [0.717, 1.165) is 12.1 Å². The van der Waals surface area contributed by atoms with Crippen LogP contribution in [0, 0.1) is 0 Å². The van der Waals surface area contributed by atoms with Crippen LogP contribution in [0.15, 0.2) is 24.8 Å². The molecule has 16 heavy (non-hydrogen) atoms. The summed E-state index contributed by atoms with van der Waals surface area (Å²) in [6, 6.07) is 3.04. The van der Waals surface area contributed by atoms with Crippen LogP contribution < -0.4 is 0 Å². The average molecular weight is 251 g/mol. The van der Waals surface area contributed by atoms with Gasteiger partial charge in [0, 0.05) is 10.6 Å². The summed E-state index contributed by atoms with van der Waals surface area (Å²) in [7, 11) is 0. The molecule has 1 aromatic rings. The van der Waals surface area contributed by atoms with Gasteiger partial charge in [0.1, 0.15) is 0 Å². The highest BCUT2D eigenvalue weighted by Gasteiger charge is 2.35. The summed E-state index contributed by atoms with van der Waals surface area (Å²) in [5.41, 5.74) is -2.38. The van der Waals surface area contributed by atoms with Gasteiger partial charge in [-0.25, -0.2) is 4.79 Å². The molecule has 0 amide bonds. The van der Waals surface area contributed by atoms with Crippen molar-refractivity contribution in [1.29, 1.82) is 0 Å². The van der Waals surface area contributed by atoms with Gasteiger partial charge in [0.15, 0.2) is 0 Å². The highest BCUT2D eigenvalue weighted by Crippen LogP contribution is 2.37. The van der Waals surface area contributed by atoms with E-state index in [1.807, 2.05) is 0 Å². The third-order valence-electron chi connectivity index (χ3n) is 1.88. The molecule has 0 aromatic heterocycles. The fraction of sp³-hybridized carbons (Fsp3) is 0.100. The highest BCUT2D eigenvalue weighted by molar-refractivity contribution is 6.34. The first-order valence-electron chi connectivity index (χ1n) is 4.03. The number of hydrogen-bond donors (Lipinski definition) is 1. The summed E-state index contributed by atoms with van der Waals surface area (Å²) in [6.45, 7) is 3.08. The van der Waals surface area contributed by atoms with E-state index in [9.17, 15) is 18.0 Å². The summed E-state index contributed by atoms with van der Waals surface area (Å²) >= 11 is 5.55. The van der Waals surface area contributed by atoms with E-state index in [2.05, 4.69) is 6.58 Å². The number of rotatable bonds is 2. The number of carboxylic acids is 1. The molecule has 0 unspecified atom stereocenters. The van der Waals surface area contributed by atoms with Crippen molar-refractivity contribution in [2.24, 2.45) is 0 Å². The minimum Gasteiger partial charge on any atom is -0.478 e. The SMILES string of the molecule is C=C(C(=O)O)c1c(Cl)cccc1C(F)(F)F. The zero-order valence-corrected chi connectivity index (χ0v) is 8.56. The molecule has 0 saturated carbocycles. The monoisotopic (exact) mass is 250 g/mol. The standard InChI is InChI=1S/C10H6ClF3O2/c1-5(9(15)16)8-6(10(12,13)14)3-2-4-7(8)11/h2-4H,1H2,(H,15,16). The third kappa shape index (κ3) is 2.36. The topological polar surface area (TPSA) is 37.3 Å². The van der Waals surface area contributed by atoms with Crippen molar-refractivity contribution in [2.75, 3.05) is 0 Å². The molecule has 1 N–H and O–H groups in total. The van der Waals surface area contributed by atoms with E-state index in [1.165, 1.54) is 6.07 Å². The number of carboxylic acid groups (broad SMARTS) is 1. The van der Waals surface area contributed by atoms with Gasteiger partial charge >= 0.3 is 12.1 Å².